The number of hydrogen-bond donors (Lipinski definition) is 1. The number of benzene rings is 1. The van der Waals surface area contributed by atoms with Crippen LogP contribution >= 0.6 is 0 Å². The molecule has 0 atom stereocenters. The summed E-state index contributed by atoms with van der Waals surface area (Å²) in [5.41, 5.74) is 2.65. The van der Waals surface area contributed by atoms with E-state index in [9.17, 15) is 4.79 Å². The van der Waals surface area contributed by atoms with E-state index in [1.54, 1.807) is 44.9 Å². The molecule has 0 unspecified atom stereocenters. The van der Waals surface area contributed by atoms with E-state index < -0.39 is 0 Å². The summed E-state index contributed by atoms with van der Waals surface area (Å²) >= 11 is 0. The van der Waals surface area contributed by atoms with Crippen LogP contribution in [0.2, 0.25) is 0 Å². The first-order valence-corrected chi connectivity index (χ1v) is 11.4. The van der Waals surface area contributed by atoms with E-state index in [0.29, 0.717) is 18.0 Å². The number of rotatable bonds is 9. The van der Waals surface area contributed by atoms with E-state index in [1.165, 1.54) is 0 Å². The topological polar surface area (TPSA) is 85.8 Å². The number of ether oxygens (including phenoxy) is 3. The molecule has 1 aromatic carbocycles. The van der Waals surface area contributed by atoms with Gasteiger partial charge in [0, 0.05) is 68.0 Å². The maximum atomic E-state index is 12.2. The number of aromatic nitrogens is 2. The molecule has 3 aromatic rings. The van der Waals surface area contributed by atoms with Crippen LogP contribution in [0, 0.1) is 0 Å². The lowest BCUT2D eigenvalue weighted by molar-refractivity contribution is 0.0927. The summed E-state index contributed by atoms with van der Waals surface area (Å²) in [7, 11) is 3.34. The van der Waals surface area contributed by atoms with Crippen molar-refractivity contribution in [3.8, 4) is 17.4 Å². The van der Waals surface area contributed by atoms with Crippen LogP contribution in [0.5, 0.6) is 17.4 Å². The van der Waals surface area contributed by atoms with Gasteiger partial charge in [0.1, 0.15) is 17.6 Å². The van der Waals surface area contributed by atoms with Crippen LogP contribution in [0.3, 0.4) is 0 Å². The molecule has 1 amide bonds. The number of pyridine rings is 2. The van der Waals surface area contributed by atoms with E-state index in [2.05, 4.69) is 26.3 Å². The Balaban J connectivity index is 1.22. The molecule has 8 heteroatoms. The third-order valence-corrected chi connectivity index (χ3v) is 5.90. The van der Waals surface area contributed by atoms with Gasteiger partial charge in [-0.2, -0.15) is 0 Å². The minimum atomic E-state index is -0.137. The number of carbonyl (C=O) groups excluding carboxylic acids is 1. The Morgan fingerprint density at radius 2 is 1.85 bits per heavy atom. The lowest BCUT2D eigenvalue weighted by Crippen LogP contribution is -2.38. The Kier molecular flexibility index (Phi) is 7.93. The van der Waals surface area contributed by atoms with Gasteiger partial charge in [0.2, 0.25) is 5.88 Å². The molecule has 2 aromatic heterocycles. The molecule has 1 saturated heterocycles. The van der Waals surface area contributed by atoms with Crippen molar-refractivity contribution in [1.82, 2.24) is 20.2 Å². The molecule has 8 nitrogen and oxygen atoms in total. The monoisotopic (exact) mass is 462 g/mol. The van der Waals surface area contributed by atoms with E-state index in [1.807, 2.05) is 24.3 Å². The number of methoxy groups -OCH3 is 2. The average molecular weight is 463 g/mol. The summed E-state index contributed by atoms with van der Waals surface area (Å²) in [4.78, 5) is 22.9. The number of carbonyl (C=O) groups is 1. The second-order valence-corrected chi connectivity index (χ2v) is 8.19. The standard InChI is InChI=1S/C26H30N4O4/c1-32-23-5-4-21(24(15-23)33-2)18-30-13-9-22(10-14-30)34-25-6-3-19(16-28-25)17-29-26(31)20-7-11-27-12-8-20/h3-8,11-12,15-16,22H,9-10,13-14,17-18H2,1-2H3,(H,29,31). The summed E-state index contributed by atoms with van der Waals surface area (Å²) in [6.45, 7) is 3.12. The maximum absolute atomic E-state index is 12.2. The molecular formula is C26H30N4O4. The van der Waals surface area contributed by atoms with Gasteiger partial charge in [0.25, 0.3) is 5.91 Å². The zero-order chi connectivity index (χ0) is 23.8. The van der Waals surface area contributed by atoms with Crippen molar-refractivity contribution < 1.29 is 19.0 Å². The van der Waals surface area contributed by atoms with Crippen LogP contribution in [-0.4, -0.2) is 54.2 Å². The van der Waals surface area contributed by atoms with Crippen molar-refractivity contribution in [3.63, 3.8) is 0 Å². The Morgan fingerprint density at radius 1 is 1.06 bits per heavy atom. The van der Waals surface area contributed by atoms with Crippen molar-refractivity contribution in [2.45, 2.75) is 32.0 Å². The molecule has 178 valence electrons. The second-order valence-electron chi connectivity index (χ2n) is 8.19. The molecule has 4 rings (SSSR count). The SMILES string of the molecule is COc1ccc(CN2CCC(Oc3ccc(CNC(=O)c4ccncc4)cn3)CC2)c(OC)c1. The third-order valence-electron chi connectivity index (χ3n) is 5.90. The summed E-state index contributed by atoms with van der Waals surface area (Å²) in [5.74, 6) is 2.11. The second kappa shape index (κ2) is 11.5. The number of piperidine rings is 1. The van der Waals surface area contributed by atoms with Gasteiger partial charge in [0.15, 0.2) is 0 Å². The lowest BCUT2D eigenvalue weighted by atomic mass is 10.1. The maximum Gasteiger partial charge on any atom is 0.251 e. The molecule has 0 bridgehead atoms. The van der Waals surface area contributed by atoms with Gasteiger partial charge in [-0.3, -0.25) is 14.7 Å². The Labute approximate surface area is 199 Å². The quantitative estimate of drug-likeness (QED) is 0.521. The minimum absolute atomic E-state index is 0.137. The van der Waals surface area contributed by atoms with Crippen LogP contribution in [0.4, 0.5) is 0 Å². The van der Waals surface area contributed by atoms with E-state index in [0.717, 1.165) is 55.1 Å². The first-order chi connectivity index (χ1) is 16.6. The van der Waals surface area contributed by atoms with Crippen LogP contribution in [0.25, 0.3) is 0 Å². The van der Waals surface area contributed by atoms with Gasteiger partial charge in [0.05, 0.1) is 14.2 Å². The predicted molar refractivity (Wildman–Crippen MR) is 128 cm³/mol. The van der Waals surface area contributed by atoms with Gasteiger partial charge in [-0.05, 0) is 36.6 Å². The van der Waals surface area contributed by atoms with Gasteiger partial charge in [-0.25, -0.2) is 4.98 Å². The number of nitrogens with one attached hydrogen (secondary N) is 1. The highest BCUT2D eigenvalue weighted by molar-refractivity contribution is 5.93. The largest absolute Gasteiger partial charge is 0.497 e. The van der Waals surface area contributed by atoms with E-state index in [-0.39, 0.29) is 12.0 Å². The summed E-state index contributed by atoms with van der Waals surface area (Å²) < 4.78 is 16.9. The third kappa shape index (κ3) is 6.23. The van der Waals surface area contributed by atoms with Crippen LogP contribution in [0.15, 0.2) is 61.1 Å². The molecule has 1 aliphatic rings. The van der Waals surface area contributed by atoms with E-state index >= 15 is 0 Å². The molecule has 3 heterocycles. The highest BCUT2D eigenvalue weighted by atomic mass is 16.5. The fourth-order valence-corrected chi connectivity index (χ4v) is 3.95. The lowest BCUT2D eigenvalue weighted by Gasteiger charge is -2.32. The first kappa shape index (κ1) is 23.5. The van der Waals surface area contributed by atoms with Gasteiger partial charge < -0.3 is 19.5 Å². The predicted octanol–water partition coefficient (Wildman–Crippen LogP) is 3.47. The number of hydrogen-bond acceptors (Lipinski definition) is 7. The molecule has 0 radical (unpaired) electrons. The van der Waals surface area contributed by atoms with Gasteiger partial charge in [-0.1, -0.05) is 12.1 Å². The van der Waals surface area contributed by atoms with Crippen molar-refractivity contribution >= 4 is 5.91 Å². The number of nitrogens with zero attached hydrogens (tertiary/aromatic N) is 3. The van der Waals surface area contributed by atoms with Crippen LogP contribution < -0.4 is 19.5 Å². The van der Waals surface area contributed by atoms with Crippen LogP contribution in [0.1, 0.15) is 34.3 Å². The zero-order valence-corrected chi connectivity index (χ0v) is 19.6. The Bertz CT molecular complexity index is 1070. The van der Waals surface area contributed by atoms with Crippen LogP contribution in [-0.2, 0) is 13.1 Å². The molecule has 1 N–H and O–H groups in total. The van der Waals surface area contributed by atoms with Gasteiger partial charge in [-0.15, -0.1) is 0 Å². The number of likely N-dealkylation sites (tertiary alicyclic amines) is 1. The zero-order valence-electron chi connectivity index (χ0n) is 19.6. The molecule has 1 aliphatic heterocycles. The summed E-state index contributed by atoms with van der Waals surface area (Å²) in [6, 6.07) is 13.1. The molecular weight excluding hydrogens is 432 g/mol. The fourth-order valence-electron chi connectivity index (χ4n) is 3.95. The summed E-state index contributed by atoms with van der Waals surface area (Å²) in [5, 5.41) is 2.89. The van der Waals surface area contributed by atoms with Gasteiger partial charge >= 0.3 is 0 Å². The van der Waals surface area contributed by atoms with Crippen molar-refractivity contribution in [3.05, 3.63) is 77.7 Å². The Morgan fingerprint density at radius 3 is 2.53 bits per heavy atom. The highest BCUT2D eigenvalue weighted by Crippen LogP contribution is 2.27. The molecule has 34 heavy (non-hydrogen) atoms. The van der Waals surface area contributed by atoms with Crippen molar-refractivity contribution in [1.29, 1.82) is 0 Å². The first-order valence-electron chi connectivity index (χ1n) is 11.4. The van der Waals surface area contributed by atoms with Crippen molar-refractivity contribution in [2.24, 2.45) is 0 Å². The summed E-state index contributed by atoms with van der Waals surface area (Å²) in [6.07, 6.45) is 6.95. The highest BCUT2D eigenvalue weighted by Gasteiger charge is 2.22. The molecule has 0 spiro atoms. The van der Waals surface area contributed by atoms with E-state index in [4.69, 9.17) is 14.2 Å². The normalized spacial score (nSPS) is 14.4. The molecule has 1 fully saturated rings. The smallest absolute Gasteiger partial charge is 0.251 e. The fraction of sp³-hybridized carbons (Fsp3) is 0.346. The average Bonchev–Trinajstić information content (AvgIpc) is 2.90. The molecule has 0 saturated carbocycles. The molecule has 0 aliphatic carbocycles. The number of amides is 1. The van der Waals surface area contributed by atoms with Crippen molar-refractivity contribution in [2.75, 3.05) is 27.3 Å². The minimum Gasteiger partial charge on any atom is -0.497 e. The Hall–Kier alpha value is -3.65.